The van der Waals surface area contributed by atoms with Crippen LogP contribution in [0.25, 0.3) is 11.1 Å². The van der Waals surface area contributed by atoms with E-state index in [0.717, 1.165) is 11.1 Å². The van der Waals surface area contributed by atoms with Crippen LogP contribution in [0.5, 0.6) is 0 Å². The molecule has 18 nitrogen and oxygen atoms in total. The van der Waals surface area contributed by atoms with Gasteiger partial charge in [-0.2, -0.15) is 0 Å². The number of cyclic esters (lactones) is 1. The van der Waals surface area contributed by atoms with Crippen LogP contribution >= 0.6 is 0 Å². The maximum absolute atomic E-state index is 14.6. The van der Waals surface area contributed by atoms with Crippen molar-refractivity contribution in [1.29, 1.82) is 5.41 Å². The molecule has 1 amide bonds. The van der Waals surface area contributed by atoms with Gasteiger partial charge in [0.15, 0.2) is 6.29 Å². The summed E-state index contributed by atoms with van der Waals surface area (Å²) in [6.07, 6.45) is -5.00. The highest BCUT2D eigenvalue weighted by atomic mass is 19.1. The lowest BCUT2D eigenvalue weighted by atomic mass is 9.67. The monoisotopic (exact) mass is 1020 g/mol. The lowest BCUT2D eigenvalue weighted by Crippen LogP contribution is -2.62. The number of likely N-dealkylation sites (N-methyl/N-ethyl adjacent to an activating group) is 1. The number of aliphatic hydroxyl groups is 5. The molecular weight excluding hydrogens is 934 g/mol. The Morgan fingerprint density at radius 1 is 0.944 bits per heavy atom. The summed E-state index contributed by atoms with van der Waals surface area (Å²) >= 11 is 0. The molecule has 72 heavy (non-hydrogen) atoms. The zero-order chi connectivity index (χ0) is 53.6. The highest BCUT2D eigenvalue weighted by molar-refractivity contribution is 5.86. The lowest BCUT2D eigenvalue weighted by molar-refractivity contribution is -0.305. The number of carbonyl (C=O) groups is 2. The van der Waals surface area contributed by atoms with Crippen LogP contribution in [0.3, 0.4) is 0 Å². The fourth-order valence-electron chi connectivity index (χ4n) is 11.6. The first-order chi connectivity index (χ1) is 33.8. The van der Waals surface area contributed by atoms with Gasteiger partial charge in [-0.1, -0.05) is 58.9 Å². The van der Waals surface area contributed by atoms with Crippen molar-refractivity contribution in [2.75, 3.05) is 34.5 Å². The molecule has 406 valence electrons. The predicted molar refractivity (Wildman–Crippen MR) is 266 cm³/mol. The Morgan fingerprint density at radius 3 is 2.15 bits per heavy atom. The van der Waals surface area contributed by atoms with E-state index in [4.69, 9.17) is 28.4 Å². The summed E-state index contributed by atoms with van der Waals surface area (Å²) in [5.41, 5.74) is -2.17. The Balaban J connectivity index is 1.43. The van der Waals surface area contributed by atoms with Gasteiger partial charge in [-0.3, -0.25) is 9.59 Å². The second kappa shape index (κ2) is 24.8. The third kappa shape index (κ3) is 13.1. The zero-order valence-electron chi connectivity index (χ0n) is 44.5. The topological polar surface area (TPSA) is 256 Å². The van der Waals surface area contributed by atoms with E-state index in [0.29, 0.717) is 12.0 Å². The first kappa shape index (κ1) is 59.3. The number of nitrogens with one attached hydrogen (secondary N) is 2. The summed E-state index contributed by atoms with van der Waals surface area (Å²) in [5, 5.41) is 70.3. The van der Waals surface area contributed by atoms with Gasteiger partial charge < -0.3 is 69.6 Å². The zero-order valence-corrected chi connectivity index (χ0v) is 44.5. The van der Waals surface area contributed by atoms with Gasteiger partial charge >= 0.3 is 5.97 Å². The van der Waals surface area contributed by atoms with Gasteiger partial charge in [0, 0.05) is 75.2 Å². The Hall–Kier alpha value is -3.60. The first-order valence-electron chi connectivity index (χ1n) is 25.5. The van der Waals surface area contributed by atoms with Gasteiger partial charge in [-0.15, -0.1) is 0 Å². The molecule has 19 heteroatoms. The minimum absolute atomic E-state index is 0.0894. The molecule has 4 heterocycles. The molecule has 3 aliphatic heterocycles. The average molecular weight is 1020 g/mol. The van der Waals surface area contributed by atoms with E-state index in [1.807, 2.05) is 32.6 Å². The summed E-state index contributed by atoms with van der Waals surface area (Å²) in [6.45, 7) is 16.6. The fourth-order valence-corrected chi connectivity index (χ4v) is 11.6. The van der Waals surface area contributed by atoms with E-state index in [2.05, 4.69) is 15.3 Å². The number of rotatable bonds is 15. The number of carbonyl (C=O) groups excluding carboxylic acids is 2. The molecule has 2 aromatic rings. The summed E-state index contributed by atoms with van der Waals surface area (Å²) in [5.74, 6) is -4.98. The van der Waals surface area contributed by atoms with Crippen LogP contribution < -0.4 is 5.32 Å². The number of aromatic nitrogens is 2. The molecular formula is C53H84FN5O13. The minimum Gasteiger partial charge on any atom is -0.459 e. The molecule has 3 aliphatic rings. The third-order valence-electron chi connectivity index (χ3n) is 16.3. The van der Waals surface area contributed by atoms with Gasteiger partial charge in [0.05, 0.1) is 53.7 Å². The van der Waals surface area contributed by atoms with Crippen molar-refractivity contribution in [1.82, 2.24) is 20.2 Å². The summed E-state index contributed by atoms with van der Waals surface area (Å²) in [6, 6.07) is 5.03. The predicted octanol–water partition coefficient (Wildman–Crippen LogP) is 4.57. The van der Waals surface area contributed by atoms with Gasteiger partial charge in [0.2, 0.25) is 5.91 Å². The number of halogens is 1. The Labute approximate surface area is 425 Å². The standard InChI is InChI=1S/C53H84FN5O13/c1-14-40-53(10,66)46(63)32(6)43(55)28(2)22-52(9,68-13)48(30(4)42(31(5)49(65)71-40)39-23-51(8,67-12)47(64)33(7)70-39)72-50-45(62)38(21-29(3)69-50)59(11)20-19-41(60)58-37(24-54)44(61)35-17-15-34(16-18-35)36-25-56-27-57-26-36/h15-18,25-33,37-40,42,44-48,50,55,61-64,66H,14,19-24H2,1-13H3,(H,58,60)/t28-,29-,30+,31-,32+,33+,37-,38+,39?,40-,42+,44-,45-,46-,47+,48-,50+,51-,52-,53-/m1/s1. The SMILES string of the molecule is CC[C@H]1OC(=O)[C@H](C)[C@@H](C2C[C@@](C)(OC)[C@@H](O)[C@H](C)O2)[C@H](C)[C@@H](O[C@@H]2O[C@H](C)C[C@H](N(C)CCC(=O)N[C@H](CF)[C@H](O)c3ccc(-c4cncnc4)cc3)[C@H]2O)[C@](C)(OC)C[C@@H](C)C(=N)[C@H](C)[C@@H](O)[C@]1(C)O. The van der Waals surface area contributed by atoms with Crippen molar-refractivity contribution in [3.63, 3.8) is 0 Å². The second-order valence-electron chi connectivity index (χ2n) is 21.6. The Morgan fingerprint density at radius 2 is 1.57 bits per heavy atom. The second-order valence-corrected chi connectivity index (χ2v) is 21.6. The molecule has 1 unspecified atom stereocenters. The van der Waals surface area contributed by atoms with Crippen LogP contribution in [-0.4, -0.2) is 176 Å². The van der Waals surface area contributed by atoms with Crippen LogP contribution in [-0.2, 0) is 38.0 Å². The van der Waals surface area contributed by atoms with E-state index >= 15 is 0 Å². The molecule has 0 bridgehead atoms. The summed E-state index contributed by atoms with van der Waals surface area (Å²) in [7, 11) is 4.79. The number of nitrogens with zero attached hydrogens (tertiary/aromatic N) is 3. The van der Waals surface area contributed by atoms with E-state index in [-0.39, 0.29) is 37.9 Å². The number of alkyl halides is 1. The van der Waals surface area contributed by atoms with E-state index in [1.165, 1.54) is 27.5 Å². The van der Waals surface area contributed by atoms with Crippen LogP contribution in [0.15, 0.2) is 43.0 Å². The molecule has 5 rings (SSSR count). The molecule has 1 aromatic carbocycles. The van der Waals surface area contributed by atoms with Crippen molar-refractivity contribution in [2.24, 2.45) is 29.6 Å². The molecule has 1 aromatic heterocycles. The number of benzene rings is 1. The molecule has 0 saturated carbocycles. The molecule has 0 aliphatic carbocycles. The average Bonchev–Trinajstić information content (AvgIpc) is 3.36. The lowest BCUT2D eigenvalue weighted by Gasteiger charge is -2.52. The van der Waals surface area contributed by atoms with Crippen molar-refractivity contribution in [3.8, 4) is 11.1 Å². The number of ether oxygens (including phenoxy) is 6. The van der Waals surface area contributed by atoms with E-state index in [9.17, 15) is 44.9 Å². The highest BCUT2D eigenvalue weighted by Crippen LogP contribution is 2.46. The summed E-state index contributed by atoms with van der Waals surface area (Å²) < 4.78 is 53.0. The van der Waals surface area contributed by atoms with Crippen molar-refractivity contribution in [2.45, 2.75) is 191 Å². The fraction of sp³-hybridized carbons (Fsp3) is 0.755. The van der Waals surface area contributed by atoms with Gasteiger partial charge in [0.1, 0.15) is 43.0 Å². The number of amides is 1. The van der Waals surface area contributed by atoms with E-state index in [1.54, 1.807) is 78.3 Å². The Kier molecular flexibility index (Phi) is 20.4. The van der Waals surface area contributed by atoms with Crippen LogP contribution in [0.1, 0.15) is 113 Å². The first-order valence-corrected chi connectivity index (χ1v) is 25.5. The molecule has 7 N–H and O–H groups in total. The van der Waals surface area contributed by atoms with Crippen LogP contribution in [0, 0.1) is 35.0 Å². The Bertz CT molecular complexity index is 2080. The third-order valence-corrected chi connectivity index (χ3v) is 16.3. The van der Waals surface area contributed by atoms with Crippen molar-refractivity contribution >= 4 is 17.6 Å². The van der Waals surface area contributed by atoms with Crippen LogP contribution in [0.2, 0.25) is 0 Å². The van der Waals surface area contributed by atoms with E-state index < -0.39 is 138 Å². The molecule has 0 spiro atoms. The van der Waals surface area contributed by atoms with Crippen molar-refractivity contribution < 1.29 is 67.9 Å². The molecule has 20 atom stereocenters. The number of hydrogen-bond donors (Lipinski definition) is 7. The van der Waals surface area contributed by atoms with Gasteiger partial charge in [0.25, 0.3) is 0 Å². The van der Waals surface area contributed by atoms with Crippen molar-refractivity contribution in [3.05, 3.63) is 48.5 Å². The summed E-state index contributed by atoms with van der Waals surface area (Å²) in [4.78, 5) is 37.9. The normalized spacial score (nSPS) is 39.4. The number of hydrogen-bond acceptors (Lipinski definition) is 17. The number of methoxy groups -OCH3 is 2. The smallest absolute Gasteiger partial charge is 0.309 e. The molecule has 3 fully saturated rings. The quantitative estimate of drug-likeness (QED) is 0.121. The number of aliphatic hydroxyl groups excluding tert-OH is 4. The minimum atomic E-state index is -1.93. The van der Waals surface area contributed by atoms with Crippen LogP contribution in [0.4, 0.5) is 4.39 Å². The van der Waals surface area contributed by atoms with Gasteiger partial charge in [-0.05, 0) is 83.9 Å². The molecule has 3 saturated heterocycles. The number of esters is 1. The maximum atomic E-state index is 14.6. The molecule has 0 radical (unpaired) electrons. The maximum Gasteiger partial charge on any atom is 0.309 e. The van der Waals surface area contributed by atoms with Gasteiger partial charge in [-0.25, -0.2) is 14.4 Å². The highest BCUT2D eigenvalue weighted by Gasteiger charge is 2.56. The largest absolute Gasteiger partial charge is 0.459 e.